The second-order valence-corrected chi connectivity index (χ2v) is 0.975. The highest BCUT2D eigenvalue weighted by molar-refractivity contribution is 4.82. The predicted octanol–water partition coefficient (Wildman–Crippen LogP) is 1.72. The Hall–Kier alpha value is -1.15. The third kappa shape index (κ3) is 4.85. The first-order chi connectivity index (χ1) is 3.27. The van der Waals surface area contributed by atoms with Gasteiger partial charge >= 0.3 is 0 Å². The largest absolute Gasteiger partial charge is 0.513 e. The molecule has 0 unspecified atom stereocenters. The van der Waals surface area contributed by atoms with E-state index in [9.17, 15) is 0 Å². The molecule has 4 nitrogen and oxygen atoms in total. The van der Waals surface area contributed by atoms with Gasteiger partial charge < -0.3 is 5.11 Å². The van der Waals surface area contributed by atoms with Crippen LogP contribution in [0.2, 0.25) is 0 Å². The lowest BCUT2D eigenvalue weighted by atomic mass is 10.6. The van der Waals surface area contributed by atoms with E-state index in [0.29, 0.717) is 0 Å². The molecule has 0 bridgehead atoms. The van der Waals surface area contributed by atoms with Crippen molar-refractivity contribution in [3.8, 4) is 0 Å². The van der Waals surface area contributed by atoms with Gasteiger partial charge in [-0.3, -0.25) is 0 Å². The Morgan fingerprint density at radius 2 is 2.57 bits per heavy atom. The first-order valence-corrected chi connectivity index (χ1v) is 1.67. The van der Waals surface area contributed by atoms with Crippen molar-refractivity contribution in [2.24, 2.45) is 5.11 Å². The summed E-state index contributed by atoms with van der Waals surface area (Å²) in [4.78, 5) is 2.36. The summed E-state index contributed by atoms with van der Waals surface area (Å²) in [5.74, 6) is 0.0119. The lowest BCUT2D eigenvalue weighted by Gasteiger charge is -1.76. The molecular formula is C3H5N3O. The minimum atomic E-state index is 0.0119. The van der Waals surface area contributed by atoms with Crippen LogP contribution in [-0.2, 0) is 0 Å². The first-order valence-electron chi connectivity index (χ1n) is 1.67. The zero-order valence-electron chi connectivity index (χ0n) is 3.87. The molecule has 0 fully saturated rings. The molecule has 0 spiro atoms. The molecule has 0 amide bonds. The second-order valence-electron chi connectivity index (χ2n) is 0.975. The quantitative estimate of drug-likeness (QED) is 0.231. The minimum absolute atomic E-state index is 0.0119. The molecule has 0 aromatic heterocycles. The van der Waals surface area contributed by atoms with Gasteiger partial charge in [0.15, 0.2) is 0 Å². The van der Waals surface area contributed by atoms with Crippen LogP contribution in [0.25, 0.3) is 10.4 Å². The maximum Gasteiger partial charge on any atom is 0.0914 e. The zero-order chi connectivity index (χ0) is 5.70. The standard InChI is InChI=1S/C3H5N3O/c1-3(7)2-5-6-4/h2,7H,1H3. The highest BCUT2D eigenvalue weighted by atomic mass is 16.3. The summed E-state index contributed by atoms with van der Waals surface area (Å²) in [6.07, 6.45) is 1.03. The van der Waals surface area contributed by atoms with Crippen molar-refractivity contribution in [3.63, 3.8) is 0 Å². The van der Waals surface area contributed by atoms with Gasteiger partial charge in [-0.05, 0) is 12.5 Å². The van der Waals surface area contributed by atoms with Crippen molar-refractivity contribution < 1.29 is 5.11 Å². The number of aliphatic hydroxyl groups excluding tert-OH is 1. The molecule has 0 aromatic carbocycles. The van der Waals surface area contributed by atoms with Gasteiger partial charge in [-0.25, -0.2) is 0 Å². The summed E-state index contributed by atoms with van der Waals surface area (Å²) in [6, 6.07) is 0. The van der Waals surface area contributed by atoms with E-state index < -0.39 is 0 Å². The fraction of sp³-hybridized carbons (Fsp3) is 0.333. The van der Waals surface area contributed by atoms with Crippen LogP contribution in [0.4, 0.5) is 0 Å². The molecule has 0 aliphatic rings. The number of hydrogen-bond donors (Lipinski definition) is 1. The fourth-order valence-corrected chi connectivity index (χ4v) is 0.109. The molecule has 0 aliphatic carbocycles. The molecule has 4 heteroatoms. The minimum Gasteiger partial charge on any atom is -0.513 e. The summed E-state index contributed by atoms with van der Waals surface area (Å²) >= 11 is 0. The van der Waals surface area contributed by atoms with Gasteiger partial charge in [-0.15, -0.1) is 0 Å². The monoisotopic (exact) mass is 99.0 g/mol. The van der Waals surface area contributed by atoms with Crippen LogP contribution >= 0.6 is 0 Å². The van der Waals surface area contributed by atoms with Gasteiger partial charge in [-0.2, -0.15) is 0 Å². The Morgan fingerprint density at radius 3 is 2.71 bits per heavy atom. The van der Waals surface area contributed by atoms with Gasteiger partial charge in [0.2, 0.25) is 0 Å². The number of hydrogen-bond acceptors (Lipinski definition) is 2. The lowest BCUT2D eigenvalue weighted by Crippen LogP contribution is -1.62. The van der Waals surface area contributed by atoms with Gasteiger partial charge in [0.1, 0.15) is 0 Å². The van der Waals surface area contributed by atoms with E-state index in [1.54, 1.807) is 0 Å². The van der Waals surface area contributed by atoms with E-state index >= 15 is 0 Å². The number of azide groups is 1. The van der Waals surface area contributed by atoms with Gasteiger partial charge in [0.05, 0.1) is 5.76 Å². The molecule has 0 saturated carbocycles. The van der Waals surface area contributed by atoms with E-state index in [-0.39, 0.29) is 5.76 Å². The van der Waals surface area contributed by atoms with Crippen LogP contribution in [-0.4, -0.2) is 5.11 Å². The summed E-state index contributed by atoms with van der Waals surface area (Å²) in [6.45, 7) is 1.43. The smallest absolute Gasteiger partial charge is 0.0914 e. The molecule has 0 heterocycles. The average molecular weight is 99.1 g/mol. The summed E-state index contributed by atoms with van der Waals surface area (Å²) in [5, 5.41) is 11.2. The average Bonchev–Trinajstić information content (AvgIpc) is 1.61. The maximum atomic E-state index is 8.28. The van der Waals surface area contributed by atoms with Crippen LogP contribution in [0.1, 0.15) is 6.92 Å². The summed E-state index contributed by atoms with van der Waals surface area (Å²) in [7, 11) is 0. The molecule has 0 rings (SSSR count). The van der Waals surface area contributed by atoms with E-state index in [0.717, 1.165) is 6.20 Å². The first kappa shape index (κ1) is 5.85. The van der Waals surface area contributed by atoms with Crippen molar-refractivity contribution in [2.75, 3.05) is 0 Å². The molecular weight excluding hydrogens is 94.1 g/mol. The molecule has 38 valence electrons. The van der Waals surface area contributed by atoms with Gasteiger partial charge in [0.25, 0.3) is 0 Å². The van der Waals surface area contributed by atoms with E-state index in [2.05, 4.69) is 10.0 Å². The van der Waals surface area contributed by atoms with Gasteiger partial charge in [0, 0.05) is 11.1 Å². The molecule has 0 radical (unpaired) electrons. The summed E-state index contributed by atoms with van der Waals surface area (Å²) < 4.78 is 0. The number of allylic oxidation sites excluding steroid dienone is 1. The molecule has 0 atom stereocenters. The number of aliphatic hydroxyl groups is 1. The molecule has 1 N–H and O–H groups in total. The van der Waals surface area contributed by atoms with Gasteiger partial charge in [-0.1, -0.05) is 5.11 Å². The van der Waals surface area contributed by atoms with E-state index in [1.807, 2.05) is 0 Å². The van der Waals surface area contributed by atoms with Crippen molar-refractivity contribution in [2.45, 2.75) is 6.92 Å². The normalized spacial score (nSPS) is 10.1. The highest BCUT2D eigenvalue weighted by Gasteiger charge is 1.68. The Balaban J connectivity index is 3.69. The number of rotatable bonds is 1. The molecule has 0 saturated heterocycles. The Morgan fingerprint density at radius 1 is 2.00 bits per heavy atom. The number of nitrogens with zero attached hydrogens (tertiary/aromatic N) is 3. The molecule has 0 aromatic rings. The van der Waals surface area contributed by atoms with Crippen molar-refractivity contribution in [3.05, 3.63) is 22.4 Å². The highest BCUT2D eigenvalue weighted by Crippen LogP contribution is 1.82. The van der Waals surface area contributed by atoms with Crippen molar-refractivity contribution in [1.82, 2.24) is 0 Å². The Labute approximate surface area is 40.7 Å². The molecule has 0 aliphatic heterocycles. The third-order valence-electron chi connectivity index (χ3n) is 0.296. The Bertz CT molecular complexity index is 118. The zero-order valence-corrected chi connectivity index (χ0v) is 3.87. The van der Waals surface area contributed by atoms with Crippen molar-refractivity contribution in [1.29, 1.82) is 0 Å². The van der Waals surface area contributed by atoms with Crippen LogP contribution in [0.15, 0.2) is 17.1 Å². The van der Waals surface area contributed by atoms with Crippen molar-refractivity contribution >= 4 is 0 Å². The Kier molecular flexibility index (Phi) is 2.55. The van der Waals surface area contributed by atoms with Crippen LogP contribution < -0.4 is 0 Å². The lowest BCUT2D eigenvalue weighted by molar-refractivity contribution is 0.412. The van der Waals surface area contributed by atoms with E-state index in [1.165, 1.54) is 6.92 Å². The SMILES string of the molecule is CC(O)=CN=[N+]=[N-]. The van der Waals surface area contributed by atoms with Crippen LogP contribution in [0, 0.1) is 0 Å². The van der Waals surface area contributed by atoms with Crippen LogP contribution in [0.3, 0.4) is 0 Å². The predicted molar refractivity (Wildman–Crippen MR) is 25.5 cm³/mol. The topological polar surface area (TPSA) is 69.0 Å². The second kappa shape index (κ2) is 3.06. The molecule has 7 heavy (non-hydrogen) atoms. The van der Waals surface area contributed by atoms with Crippen LogP contribution in [0.5, 0.6) is 0 Å². The summed E-state index contributed by atoms with van der Waals surface area (Å²) in [5.41, 5.74) is 7.62. The third-order valence-corrected chi connectivity index (χ3v) is 0.296. The maximum absolute atomic E-state index is 8.28. The fourth-order valence-electron chi connectivity index (χ4n) is 0.109. The van der Waals surface area contributed by atoms with E-state index in [4.69, 9.17) is 10.6 Å².